The van der Waals surface area contributed by atoms with Gasteiger partial charge in [-0.3, -0.25) is 4.99 Å². The van der Waals surface area contributed by atoms with E-state index >= 15 is 0 Å². The van der Waals surface area contributed by atoms with Crippen LogP contribution in [0.5, 0.6) is 5.75 Å². The third-order valence-electron chi connectivity index (χ3n) is 4.29. The first-order valence-corrected chi connectivity index (χ1v) is 9.05. The fourth-order valence-electron chi connectivity index (χ4n) is 2.88. The second-order valence-electron chi connectivity index (χ2n) is 6.12. The molecule has 5 nitrogen and oxygen atoms in total. The van der Waals surface area contributed by atoms with E-state index in [4.69, 9.17) is 16.3 Å². The molecule has 0 atom stereocenters. The first kappa shape index (κ1) is 22.3. The van der Waals surface area contributed by atoms with Crippen LogP contribution in [0.15, 0.2) is 23.2 Å². The molecule has 0 saturated heterocycles. The number of nitrogens with zero attached hydrogens (tertiary/aromatic N) is 1. The molecule has 142 valence electrons. The molecular formula is C18H29ClIN3O2. The second kappa shape index (κ2) is 11.8. The molecule has 1 aliphatic carbocycles. The summed E-state index contributed by atoms with van der Waals surface area (Å²) in [5.41, 5.74) is 1.07. The highest BCUT2D eigenvalue weighted by molar-refractivity contribution is 14.0. The molecular weight excluding hydrogens is 453 g/mol. The van der Waals surface area contributed by atoms with Gasteiger partial charge in [0.2, 0.25) is 0 Å². The number of ether oxygens (including phenoxy) is 1. The number of rotatable bonds is 6. The van der Waals surface area contributed by atoms with E-state index in [9.17, 15) is 5.11 Å². The molecule has 1 aromatic carbocycles. The van der Waals surface area contributed by atoms with Gasteiger partial charge in [0.05, 0.1) is 13.2 Å². The molecule has 7 heteroatoms. The number of guanidine groups is 1. The minimum atomic E-state index is -0.139. The van der Waals surface area contributed by atoms with E-state index in [1.54, 1.807) is 7.11 Å². The number of benzene rings is 1. The van der Waals surface area contributed by atoms with Gasteiger partial charge in [0.1, 0.15) is 5.75 Å². The van der Waals surface area contributed by atoms with Crippen molar-refractivity contribution in [3.8, 4) is 5.75 Å². The van der Waals surface area contributed by atoms with Crippen LogP contribution in [0.2, 0.25) is 5.02 Å². The monoisotopic (exact) mass is 481 g/mol. The topological polar surface area (TPSA) is 65.9 Å². The first-order chi connectivity index (χ1) is 11.6. The highest BCUT2D eigenvalue weighted by Crippen LogP contribution is 2.22. The fourth-order valence-corrected chi connectivity index (χ4v) is 3.14. The van der Waals surface area contributed by atoms with Gasteiger partial charge >= 0.3 is 0 Å². The van der Waals surface area contributed by atoms with Crippen LogP contribution in [-0.4, -0.2) is 43.4 Å². The summed E-state index contributed by atoms with van der Waals surface area (Å²) in [6.07, 6.45) is 4.32. The molecule has 0 amide bonds. The van der Waals surface area contributed by atoms with Crippen LogP contribution in [0, 0.1) is 0 Å². The van der Waals surface area contributed by atoms with Gasteiger partial charge in [0.15, 0.2) is 5.96 Å². The molecule has 0 spiro atoms. The number of nitrogens with one attached hydrogen (secondary N) is 2. The molecule has 0 radical (unpaired) electrons. The van der Waals surface area contributed by atoms with Crippen molar-refractivity contribution < 1.29 is 9.84 Å². The second-order valence-corrected chi connectivity index (χ2v) is 6.52. The van der Waals surface area contributed by atoms with Gasteiger partial charge < -0.3 is 20.5 Å². The van der Waals surface area contributed by atoms with Crippen LogP contribution in [0.3, 0.4) is 0 Å². The Labute approximate surface area is 172 Å². The average Bonchev–Trinajstić information content (AvgIpc) is 2.58. The van der Waals surface area contributed by atoms with E-state index in [2.05, 4.69) is 22.5 Å². The van der Waals surface area contributed by atoms with Crippen molar-refractivity contribution in [2.75, 3.05) is 20.2 Å². The molecule has 0 unspecified atom stereocenters. The van der Waals surface area contributed by atoms with Gasteiger partial charge in [0.25, 0.3) is 0 Å². The lowest BCUT2D eigenvalue weighted by Crippen LogP contribution is -2.45. The Morgan fingerprint density at radius 3 is 2.64 bits per heavy atom. The number of methoxy groups -OCH3 is 1. The normalized spacial score (nSPS) is 20.6. The minimum absolute atomic E-state index is 0. The molecule has 0 aromatic heterocycles. The zero-order valence-electron chi connectivity index (χ0n) is 14.9. The van der Waals surface area contributed by atoms with Gasteiger partial charge in [-0.15, -0.1) is 24.0 Å². The maximum Gasteiger partial charge on any atom is 0.191 e. The van der Waals surface area contributed by atoms with E-state index < -0.39 is 0 Å². The molecule has 2 rings (SSSR count). The van der Waals surface area contributed by atoms with Crippen molar-refractivity contribution in [3.05, 3.63) is 28.8 Å². The van der Waals surface area contributed by atoms with Crippen molar-refractivity contribution in [1.29, 1.82) is 0 Å². The SMILES string of the molecule is CCNC(=NCCc1ccc(OC)cc1Cl)NC1CCC(O)CC1.I. The Morgan fingerprint density at radius 2 is 2.04 bits per heavy atom. The van der Waals surface area contributed by atoms with Gasteiger partial charge in [-0.05, 0) is 56.7 Å². The van der Waals surface area contributed by atoms with Crippen molar-refractivity contribution in [2.45, 2.75) is 51.2 Å². The minimum Gasteiger partial charge on any atom is -0.497 e. The number of hydrogen-bond donors (Lipinski definition) is 3. The molecule has 1 aromatic rings. The van der Waals surface area contributed by atoms with E-state index in [0.29, 0.717) is 17.6 Å². The lowest BCUT2D eigenvalue weighted by molar-refractivity contribution is 0.120. The van der Waals surface area contributed by atoms with Crippen molar-refractivity contribution in [2.24, 2.45) is 4.99 Å². The quantitative estimate of drug-likeness (QED) is 0.331. The van der Waals surface area contributed by atoms with Crippen molar-refractivity contribution in [3.63, 3.8) is 0 Å². The molecule has 0 bridgehead atoms. The standard InChI is InChI=1S/C18H28ClN3O2.HI/c1-3-20-18(22-14-5-7-15(23)8-6-14)21-11-10-13-4-9-16(24-2)12-17(13)19;/h4,9,12,14-15,23H,3,5-8,10-11H2,1-2H3,(H2,20,21,22);1H. The third kappa shape index (κ3) is 7.58. The Balaban J connectivity index is 0.00000312. The van der Waals surface area contributed by atoms with Gasteiger partial charge in [-0.1, -0.05) is 17.7 Å². The third-order valence-corrected chi connectivity index (χ3v) is 4.64. The molecule has 1 aliphatic rings. The number of aliphatic hydroxyl groups excluding tert-OH is 1. The zero-order chi connectivity index (χ0) is 17.4. The lowest BCUT2D eigenvalue weighted by atomic mass is 9.93. The van der Waals surface area contributed by atoms with Crippen molar-refractivity contribution >= 4 is 41.5 Å². The Hall–Kier alpha value is -0.730. The van der Waals surface area contributed by atoms with Crippen LogP contribution in [-0.2, 0) is 6.42 Å². The maximum absolute atomic E-state index is 9.60. The van der Waals surface area contributed by atoms with E-state index in [1.807, 2.05) is 18.2 Å². The largest absolute Gasteiger partial charge is 0.497 e. The van der Waals surface area contributed by atoms with Crippen LogP contribution in [0.4, 0.5) is 0 Å². The Bertz CT molecular complexity index is 549. The molecule has 3 N–H and O–H groups in total. The summed E-state index contributed by atoms with van der Waals surface area (Å²) in [6.45, 7) is 3.55. The first-order valence-electron chi connectivity index (χ1n) is 8.67. The van der Waals surface area contributed by atoms with Gasteiger partial charge in [-0.25, -0.2) is 0 Å². The van der Waals surface area contributed by atoms with Crippen LogP contribution in [0.1, 0.15) is 38.2 Å². The summed E-state index contributed by atoms with van der Waals surface area (Å²) in [5.74, 6) is 1.60. The number of hydrogen-bond acceptors (Lipinski definition) is 3. The highest BCUT2D eigenvalue weighted by atomic mass is 127. The van der Waals surface area contributed by atoms with Crippen LogP contribution >= 0.6 is 35.6 Å². The van der Waals surface area contributed by atoms with Crippen LogP contribution in [0.25, 0.3) is 0 Å². The van der Waals surface area contributed by atoms with Crippen molar-refractivity contribution in [1.82, 2.24) is 10.6 Å². The maximum atomic E-state index is 9.60. The predicted molar refractivity (Wildman–Crippen MR) is 115 cm³/mol. The predicted octanol–water partition coefficient (Wildman–Crippen LogP) is 3.37. The zero-order valence-corrected chi connectivity index (χ0v) is 18.0. The number of aliphatic imine (C=N–C) groups is 1. The number of halogens is 2. The fraction of sp³-hybridized carbons (Fsp3) is 0.611. The van der Waals surface area contributed by atoms with E-state index in [0.717, 1.165) is 55.9 Å². The molecule has 1 saturated carbocycles. The Kier molecular flexibility index (Phi) is 10.5. The lowest BCUT2D eigenvalue weighted by Gasteiger charge is -2.27. The molecule has 0 aliphatic heterocycles. The summed E-state index contributed by atoms with van der Waals surface area (Å²) in [7, 11) is 1.63. The average molecular weight is 482 g/mol. The van der Waals surface area contributed by atoms with Gasteiger partial charge in [0, 0.05) is 24.2 Å². The molecule has 25 heavy (non-hydrogen) atoms. The summed E-state index contributed by atoms with van der Waals surface area (Å²) in [6, 6.07) is 6.12. The van der Waals surface area contributed by atoms with Crippen LogP contribution < -0.4 is 15.4 Å². The van der Waals surface area contributed by atoms with E-state index in [-0.39, 0.29) is 30.1 Å². The molecule has 0 heterocycles. The summed E-state index contributed by atoms with van der Waals surface area (Å²) in [4.78, 5) is 4.65. The Morgan fingerprint density at radius 1 is 1.32 bits per heavy atom. The summed E-state index contributed by atoms with van der Waals surface area (Å²) < 4.78 is 5.17. The van der Waals surface area contributed by atoms with E-state index in [1.165, 1.54) is 0 Å². The number of aliphatic hydroxyl groups is 1. The summed E-state index contributed by atoms with van der Waals surface area (Å²) >= 11 is 6.27. The molecule has 1 fully saturated rings. The summed E-state index contributed by atoms with van der Waals surface area (Å²) in [5, 5.41) is 17.1. The highest BCUT2D eigenvalue weighted by Gasteiger charge is 2.19. The van der Waals surface area contributed by atoms with Gasteiger partial charge in [-0.2, -0.15) is 0 Å². The smallest absolute Gasteiger partial charge is 0.191 e.